The van der Waals surface area contributed by atoms with Gasteiger partial charge in [-0.3, -0.25) is 9.79 Å². The first-order chi connectivity index (χ1) is 15.1. The molecule has 1 fully saturated rings. The summed E-state index contributed by atoms with van der Waals surface area (Å²) in [6.07, 6.45) is 9.67. The molecule has 0 atom stereocenters. The number of carboxylic acid groups (broad SMARTS) is 1. The molecule has 158 valence electrons. The standard InChI is InChI=1S/C23H24N6O2/c24-21-11-22(28-9-7-16(8-10-28)23(30)31)27-20-14-29(21)26-13-18(20)17-6-5-15-3-1-2-4-19(15)25-12-17/h1-5,11-13,16H,6-10,14,24H2,(H,30,31). The summed E-state index contributed by atoms with van der Waals surface area (Å²) >= 11 is 0. The third kappa shape index (κ3) is 3.76. The Bertz CT molecular complexity index is 1200. The minimum absolute atomic E-state index is 0.292. The van der Waals surface area contributed by atoms with E-state index in [2.05, 4.69) is 27.1 Å². The van der Waals surface area contributed by atoms with Crippen molar-refractivity contribution in [3.8, 4) is 0 Å². The van der Waals surface area contributed by atoms with Crippen molar-refractivity contribution in [2.75, 3.05) is 19.6 Å². The Kier molecular flexibility index (Phi) is 4.89. The van der Waals surface area contributed by atoms with Crippen LogP contribution in [0.2, 0.25) is 0 Å². The fraction of sp³-hybridized carbons (Fsp3) is 0.304. The number of nitrogens with zero attached hydrogens (tertiary/aromatic N) is 5. The number of para-hydroxylation sites is 1. The monoisotopic (exact) mass is 416 g/mol. The topological polar surface area (TPSA) is 107 Å². The van der Waals surface area contributed by atoms with Crippen molar-refractivity contribution in [2.24, 2.45) is 26.7 Å². The molecule has 2 bridgehead atoms. The Morgan fingerprint density at radius 2 is 2.00 bits per heavy atom. The van der Waals surface area contributed by atoms with Crippen LogP contribution in [0, 0.1) is 5.92 Å². The van der Waals surface area contributed by atoms with Gasteiger partial charge in [0.05, 0.1) is 29.7 Å². The summed E-state index contributed by atoms with van der Waals surface area (Å²) in [4.78, 5) is 23.0. The molecule has 0 unspecified atom stereocenters. The van der Waals surface area contributed by atoms with E-state index in [0.29, 0.717) is 38.3 Å². The number of carbonyl (C=O) groups is 1. The summed E-state index contributed by atoms with van der Waals surface area (Å²) in [6.45, 7) is 1.78. The molecule has 1 saturated heterocycles. The summed E-state index contributed by atoms with van der Waals surface area (Å²) in [5.41, 5.74) is 9.19. The third-order valence-electron chi connectivity index (χ3n) is 6.11. The molecule has 1 aromatic rings. The van der Waals surface area contributed by atoms with Gasteiger partial charge in [0.15, 0.2) is 0 Å². The van der Waals surface area contributed by atoms with Gasteiger partial charge in [0.1, 0.15) is 11.7 Å². The van der Waals surface area contributed by atoms with Crippen LogP contribution in [0.3, 0.4) is 0 Å². The lowest BCUT2D eigenvalue weighted by atomic mass is 9.97. The van der Waals surface area contributed by atoms with Crippen LogP contribution in [0.1, 0.15) is 19.3 Å². The Labute approximate surface area is 179 Å². The van der Waals surface area contributed by atoms with Crippen LogP contribution in [0.25, 0.3) is 6.08 Å². The normalized spacial score (nSPS) is 21.1. The molecule has 3 N–H and O–H groups in total. The Balaban J connectivity index is 1.49. The van der Waals surface area contributed by atoms with E-state index < -0.39 is 5.97 Å². The molecule has 0 aliphatic carbocycles. The summed E-state index contributed by atoms with van der Waals surface area (Å²) in [5.74, 6) is 0.280. The number of amidine groups is 1. The number of hydrogen-bond acceptors (Lipinski definition) is 7. The van der Waals surface area contributed by atoms with Crippen LogP contribution in [0.15, 0.2) is 74.3 Å². The van der Waals surface area contributed by atoms with Gasteiger partial charge in [-0.15, -0.1) is 0 Å². The predicted octanol–water partition coefficient (Wildman–Crippen LogP) is 0.939. The highest BCUT2D eigenvalue weighted by Crippen LogP contribution is 2.27. The first-order valence-corrected chi connectivity index (χ1v) is 10.5. The lowest BCUT2D eigenvalue weighted by Crippen LogP contribution is -2.40. The second-order valence-corrected chi connectivity index (χ2v) is 8.05. The first kappa shape index (κ1) is 19.3. The number of nitrogens with two attached hydrogens (primary N) is 1. The zero-order chi connectivity index (χ0) is 21.4. The van der Waals surface area contributed by atoms with E-state index in [1.165, 1.54) is 0 Å². The van der Waals surface area contributed by atoms with E-state index in [0.717, 1.165) is 39.7 Å². The lowest BCUT2D eigenvalue weighted by Gasteiger charge is -2.31. The third-order valence-corrected chi connectivity index (χ3v) is 6.11. The van der Waals surface area contributed by atoms with Crippen molar-refractivity contribution < 1.29 is 9.90 Å². The van der Waals surface area contributed by atoms with Crippen LogP contribution < -0.4 is 16.3 Å². The van der Waals surface area contributed by atoms with Crippen molar-refractivity contribution in [1.82, 2.24) is 9.91 Å². The summed E-state index contributed by atoms with van der Waals surface area (Å²) < 4.78 is 0. The van der Waals surface area contributed by atoms with Gasteiger partial charge < -0.3 is 15.7 Å². The lowest BCUT2D eigenvalue weighted by molar-refractivity contribution is -0.143. The smallest absolute Gasteiger partial charge is 0.306 e. The number of piperidine rings is 1. The van der Waals surface area contributed by atoms with Crippen molar-refractivity contribution in [3.05, 3.63) is 69.8 Å². The SMILES string of the molecule is NC1=CC(N2CCC(C(=O)O)CC2)=NC2=C(C3=CN=c4ccccc4=CC3)C=NN1C2. The molecule has 4 heterocycles. The minimum Gasteiger partial charge on any atom is -0.481 e. The Morgan fingerprint density at radius 1 is 1.19 bits per heavy atom. The van der Waals surface area contributed by atoms with E-state index in [-0.39, 0.29) is 5.92 Å². The second-order valence-electron chi connectivity index (χ2n) is 8.05. The largest absolute Gasteiger partial charge is 0.481 e. The van der Waals surface area contributed by atoms with Crippen LogP contribution >= 0.6 is 0 Å². The van der Waals surface area contributed by atoms with E-state index in [1.807, 2.05) is 36.7 Å². The maximum atomic E-state index is 11.3. The van der Waals surface area contributed by atoms with Gasteiger partial charge >= 0.3 is 5.97 Å². The van der Waals surface area contributed by atoms with E-state index >= 15 is 0 Å². The molecule has 8 heteroatoms. The molecule has 4 aliphatic heterocycles. The average Bonchev–Trinajstić information content (AvgIpc) is 3.08. The number of hydrogen-bond donors (Lipinski definition) is 2. The highest BCUT2D eigenvalue weighted by molar-refractivity contribution is 5.96. The quantitative estimate of drug-likeness (QED) is 0.746. The molecule has 0 amide bonds. The Morgan fingerprint density at radius 3 is 2.81 bits per heavy atom. The zero-order valence-electron chi connectivity index (χ0n) is 17.1. The molecule has 31 heavy (non-hydrogen) atoms. The van der Waals surface area contributed by atoms with Crippen LogP contribution in [-0.2, 0) is 4.79 Å². The number of carboxylic acids is 1. The minimum atomic E-state index is -0.723. The summed E-state index contributed by atoms with van der Waals surface area (Å²) in [7, 11) is 0. The number of fused-ring (bicyclic) bond motifs is 3. The molecule has 5 rings (SSSR count). The number of rotatable bonds is 2. The second kappa shape index (κ2) is 7.86. The Hall–Kier alpha value is -3.68. The molecule has 0 radical (unpaired) electrons. The number of allylic oxidation sites excluding steroid dienone is 2. The van der Waals surface area contributed by atoms with E-state index in [1.54, 1.807) is 5.01 Å². The molecule has 0 aromatic heterocycles. The van der Waals surface area contributed by atoms with Crippen LogP contribution in [0.4, 0.5) is 0 Å². The number of benzene rings is 1. The highest BCUT2D eigenvalue weighted by Gasteiger charge is 2.28. The van der Waals surface area contributed by atoms with Gasteiger partial charge in [0.25, 0.3) is 0 Å². The first-order valence-electron chi connectivity index (χ1n) is 10.5. The maximum Gasteiger partial charge on any atom is 0.306 e. The molecular formula is C23H24N6O2. The number of likely N-dealkylation sites (tertiary alicyclic amines) is 1. The van der Waals surface area contributed by atoms with Gasteiger partial charge in [-0.1, -0.05) is 24.3 Å². The van der Waals surface area contributed by atoms with Gasteiger partial charge in [0.2, 0.25) is 0 Å². The van der Waals surface area contributed by atoms with Crippen molar-refractivity contribution in [3.63, 3.8) is 0 Å². The molecule has 4 aliphatic rings. The number of hydrazone groups is 1. The zero-order valence-corrected chi connectivity index (χ0v) is 17.1. The van der Waals surface area contributed by atoms with Crippen molar-refractivity contribution >= 4 is 24.1 Å². The van der Waals surface area contributed by atoms with Gasteiger partial charge in [-0.05, 0) is 36.1 Å². The van der Waals surface area contributed by atoms with Crippen molar-refractivity contribution in [1.29, 1.82) is 0 Å². The van der Waals surface area contributed by atoms with Crippen LogP contribution in [0.5, 0.6) is 0 Å². The fourth-order valence-corrected chi connectivity index (χ4v) is 4.26. The number of aliphatic carboxylic acids is 1. The van der Waals surface area contributed by atoms with Gasteiger partial charge in [-0.25, -0.2) is 10.0 Å². The van der Waals surface area contributed by atoms with Gasteiger partial charge in [-0.2, -0.15) is 5.10 Å². The summed E-state index contributed by atoms with van der Waals surface area (Å²) in [5, 5.41) is 17.6. The van der Waals surface area contributed by atoms with Gasteiger partial charge in [0, 0.05) is 30.9 Å². The van der Waals surface area contributed by atoms with Crippen molar-refractivity contribution in [2.45, 2.75) is 19.3 Å². The molecule has 8 nitrogen and oxygen atoms in total. The molecule has 1 aromatic carbocycles. The predicted molar refractivity (Wildman–Crippen MR) is 118 cm³/mol. The molecule has 0 saturated carbocycles. The highest BCUT2D eigenvalue weighted by atomic mass is 16.4. The fourth-order valence-electron chi connectivity index (χ4n) is 4.26. The van der Waals surface area contributed by atoms with Crippen LogP contribution in [-0.4, -0.2) is 52.7 Å². The molecule has 0 spiro atoms. The van der Waals surface area contributed by atoms with E-state index in [4.69, 9.17) is 10.7 Å². The average molecular weight is 416 g/mol. The summed E-state index contributed by atoms with van der Waals surface area (Å²) in [6, 6.07) is 8.08. The molecular weight excluding hydrogens is 392 g/mol. The maximum absolute atomic E-state index is 11.3. The van der Waals surface area contributed by atoms with E-state index in [9.17, 15) is 9.90 Å². The number of aliphatic imine (C=N–C) groups is 1.